The monoisotopic (exact) mass is 412 g/mol. The quantitative estimate of drug-likeness (QED) is 0.337. The number of unbranched alkanes of at least 4 members (excludes halogenated alkanes) is 3. The summed E-state index contributed by atoms with van der Waals surface area (Å²) in [4.78, 5) is 13.2. The van der Waals surface area contributed by atoms with E-state index in [0.717, 1.165) is 54.9 Å². The smallest absolute Gasteiger partial charge is 0.224 e. The molecule has 0 bridgehead atoms. The standard InChI is InChI=1S/C22H29ClN6/c1-2-3-4-5-11-27-22-28-15-10-21(29-22)26-13-6-12-24-19-9-14-25-20-16-17(23)7-8-18(19)20/h7-10,14-16H,2-6,11-13H2,1H3,(H,24,25)(H2,26,27,28,29). The second-order valence-corrected chi connectivity index (χ2v) is 7.42. The topological polar surface area (TPSA) is 74.8 Å². The van der Waals surface area contributed by atoms with Crippen molar-refractivity contribution in [2.24, 2.45) is 0 Å². The Bertz CT molecular complexity index is 901. The summed E-state index contributed by atoms with van der Waals surface area (Å²) < 4.78 is 0. The van der Waals surface area contributed by atoms with E-state index in [1.165, 1.54) is 19.3 Å². The molecule has 0 radical (unpaired) electrons. The summed E-state index contributed by atoms with van der Waals surface area (Å²) in [6.07, 6.45) is 9.47. The van der Waals surface area contributed by atoms with Gasteiger partial charge in [0.15, 0.2) is 0 Å². The van der Waals surface area contributed by atoms with Crippen LogP contribution in [0.4, 0.5) is 17.5 Å². The van der Waals surface area contributed by atoms with Crippen molar-refractivity contribution in [3.8, 4) is 0 Å². The number of benzene rings is 1. The van der Waals surface area contributed by atoms with Crippen molar-refractivity contribution in [3.05, 3.63) is 47.7 Å². The van der Waals surface area contributed by atoms with E-state index in [-0.39, 0.29) is 0 Å². The molecule has 0 fully saturated rings. The van der Waals surface area contributed by atoms with Gasteiger partial charge in [0.25, 0.3) is 0 Å². The number of hydrogen-bond acceptors (Lipinski definition) is 6. The van der Waals surface area contributed by atoms with Gasteiger partial charge < -0.3 is 16.0 Å². The fourth-order valence-electron chi connectivity index (χ4n) is 3.10. The molecule has 7 heteroatoms. The van der Waals surface area contributed by atoms with Crippen LogP contribution in [-0.2, 0) is 0 Å². The lowest BCUT2D eigenvalue weighted by atomic mass is 10.2. The Morgan fingerprint density at radius 2 is 1.66 bits per heavy atom. The van der Waals surface area contributed by atoms with Gasteiger partial charge in [-0.25, -0.2) is 4.98 Å². The molecule has 1 aromatic carbocycles. The SMILES string of the molecule is CCCCCCNc1nccc(NCCCNc2ccnc3cc(Cl)ccc23)n1. The van der Waals surface area contributed by atoms with Crippen LogP contribution >= 0.6 is 11.6 Å². The van der Waals surface area contributed by atoms with Gasteiger partial charge in [-0.2, -0.15) is 4.98 Å². The molecular weight excluding hydrogens is 384 g/mol. The minimum absolute atomic E-state index is 0.687. The van der Waals surface area contributed by atoms with Crippen LogP contribution in [0.5, 0.6) is 0 Å². The lowest BCUT2D eigenvalue weighted by Crippen LogP contribution is -2.11. The molecule has 0 spiro atoms. The molecule has 0 saturated carbocycles. The predicted octanol–water partition coefficient (Wildman–Crippen LogP) is 5.58. The van der Waals surface area contributed by atoms with Gasteiger partial charge in [-0.3, -0.25) is 4.98 Å². The Morgan fingerprint density at radius 3 is 2.55 bits per heavy atom. The number of nitrogens with zero attached hydrogens (tertiary/aromatic N) is 3. The summed E-state index contributed by atoms with van der Waals surface area (Å²) in [5, 5.41) is 11.9. The van der Waals surface area contributed by atoms with Gasteiger partial charge in [0, 0.05) is 48.1 Å². The highest BCUT2D eigenvalue weighted by molar-refractivity contribution is 6.31. The molecule has 3 N–H and O–H groups in total. The summed E-state index contributed by atoms with van der Waals surface area (Å²) in [6, 6.07) is 9.67. The number of aromatic nitrogens is 3. The Morgan fingerprint density at radius 1 is 0.828 bits per heavy atom. The summed E-state index contributed by atoms with van der Waals surface area (Å²) in [5.41, 5.74) is 1.97. The Kier molecular flexibility index (Phi) is 8.31. The normalized spacial score (nSPS) is 10.8. The molecule has 0 saturated heterocycles. The van der Waals surface area contributed by atoms with E-state index >= 15 is 0 Å². The zero-order chi connectivity index (χ0) is 20.3. The van der Waals surface area contributed by atoms with Crippen molar-refractivity contribution in [1.82, 2.24) is 15.0 Å². The number of hydrogen-bond donors (Lipinski definition) is 3. The van der Waals surface area contributed by atoms with Crippen LogP contribution in [0.1, 0.15) is 39.0 Å². The first-order valence-corrected chi connectivity index (χ1v) is 10.7. The van der Waals surface area contributed by atoms with E-state index < -0.39 is 0 Å². The van der Waals surface area contributed by atoms with Gasteiger partial charge in [0.2, 0.25) is 5.95 Å². The van der Waals surface area contributed by atoms with Gasteiger partial charge >= 0.3 is 0 Å². The molecule has 0 unspecified atom stereocenters. The molecule has 154 valence electrons. The Hall–Kier alpha value is -2.60. The van der Waals surface area contributed by atoms with E-state index in [1.807, 2.05) is 30.3 Å². The zero-order valence-corrected chi connectivity index (χ0v) is 17.7. The maximum atomic E-state index is 6.05. The number of halogens is 1. The van der Waals surface area contributed by atoms with Crippen LogP contribution in [0.15, 0.2) is 42.7 Å². The predicted molar refractivity (Wildman–Crippen MR) is 123 cm³/mol. The average Bonchev–Trinajstić information content (AvgIpc) is 2.73. The fraction of sp³-hybridized carbons (Fsp3) is 0.409. The number of anilines is 3. The van der Waals surface area contributed by atoms with Crippen LogP contribution in [-0.4, -0.2) is 34.6 Å². The van der Waals surface area contributed by atoms with Crippen molar-refractivity contribution in [2.45, 2.75) is 39.0 Å². The lowest BCUT2D eigenvalue weighted by molar-refractivity contribution is 0.683. The molecule has 3 aromatic rings. The van der Waals surface area contributed by atoms with Crippen molar-refractivity contribution >= 4 is 40.0 Å². The highest BCUT2D eigenvalue weighted by atomic mass is 35.5. The van der Waals surface area contributed by atoms with Gasteiger partial charge in [0.05, 0.1) is 5.52 Å². The third kappa shape index (κ3) is 6.75. The van der Waals surface area contributed by atoms with Crippen molar-refractivity contribution in [1.29, 1.82) is 0 Å². The van der Waals surface area contributed by atoms with Crippen LogP contribution in [0.3, 0.4) is 0 Å². The summed E-state index contributed by atoms with van der Waals surface area (Å²) >= 11 is 6.05. The van der Waals surface area contributed by atoms with Crippen molar-refractivity contribution in [3.63, 3.8) is 0 Å². The van der Waals surface area contributed by atoms with Crippen LogP contribution in [0, 0.1) is 0 Å². The summed E-state index contributed by atoms with van der Waals surface area (Å²) in [7, 11) is 0. The minimum atomic E-state index is 0.687. The molecule has 0 aliphatic heterocycles. The van der Waals surface area contributed by atoms with Crippen molar-refractivity contribution < 1.29 is 0 Å². The Labute approximate surface area is 177 Å². The van der Waals surface area contributed by atoms with E-state index in [2.05, 4.69) is 37.8 Å². The Balaban J connectivity index is 1.40. The fourth-order valence-corrected chi connectivity index (χ4v) is 3.26. The largest absolute Gasteiger partial charge is 0.384 e. The number of pyridine rings is 1. The van der Waals surface area contributed by atoms with Crippen molar-refractivity contribution in [2.75, 3.05) is 35.6 Å². The van der Waals surface area contributed by atoms with E-state index in [9.17, 15) is 0 Å². The molecule has 6 nitrogen and oxygen atoms in total. The maximum absolute atomic E-state index is 6.05. The summed E-state index contributed by atoms with van der Waals surface area (Å²) in [5.74, 6) is 1.53. The van der Waals surface area contributed by atoms with E-state index in [1.54, 1.807) is 12.4 Å². The highest BCUT2D eigenvalue weighted by Gasteiger charge is 2.03. The zero-order valence-electron chi connectivity index (χ0n) is 16.9. The highest BCUT2D eigenvalue weighted by Crippen LogP contribution is 2.24. The molecule has 0 aliphatic rings. The van der Waals surface area contributed by atoms with Crippen LogP contribution in [0.2, 0.25) is 5.02 Å². The molecule has 3 rings (SSSR count). The third-order valence-corrected chi connectivity index (χ3v) is 4.88. The van der Waals surface area contributed by atoms with Gasteiger partial charge in [-0.05, 0) is 43.2 Å². The van der Waals surface area contributed by atoms with Gasteiger partial charge in [-0.15, -0.1) is 0 Å². The first-order valence-electron chi connectivity index (χ1n) is 10.3. The molecule has 0 amide bonds. The molecule has 0 atom stereocenters. The summed E-state index contributed by atoms with van der Waals surface area (Å²) in [6.45, 7) is 4.81. The second-order valence-electron chi connectivity index (χ2n) is 6.98. The molecule has 2 heterocycles. The van der Waals surface area contributed by atoms with E-state index in [4.69, 9.17) is 11.6 Å². The van der Waals surface area contributed by atoms with Crippen LogP contribution in [0.25, 0.3) is 10.9 Å². The van der Waals surface area contributed by atoms with E-state index in [0.29, 0.717) is 11.0 Å². The first-order chi connectivity index (χ1) is 14.3. The molecule has 0 aliphatic carbocycles. The second kappa shape index (κ2) is 11.4. The molecule has 2 aromatic heterocycles. The maximum Gasteiger partial charge on any atom is 0.224 e. The number of rotatable bonds is 12. The average molecular weight is 413 g/mol. The number of fused-ring (bicyclic) bond motifs is 1. The number of nitrogens with one attached hydrogen (secondary N) is 3. The van der Waals surface area contributed by atoms with Crippen LogP contribution < -0.4 is 16.0 Å². The van der Waals surface area contributed by atoms with Gasteiger partial charge in [0.1, 0.15) is 5.82 Å². The third-order valence-electron chi connectivity index (χ3n) is 4.65. The molecular formula is C22H29ClN6. The lowest BCUT2D eigenvalue weighted by Gasteiger charge is -2.11. The minimum Gasteiger partial charge on any atom is -0.384 e. The first kappa shape index (κ1) is 21.1. The molecule has 29 heavy (non-hydrogen) atoms. The van der Waals surface area contributed by atoms with Gasteiger partial charge in [-0.1, -0.05) is 37.8 Å².